The summed E-state index contributed by atoms with van der Waals surface area (Å²) in [5, 5.41) is 4.00. The normalized spacial score (nSPS) is 18.6. The lowest BCUT2D eigenvalue weighted by molar-refractivity contribution is -0.120. The van der Waals surface area contributed by atoms with Crippen molar-refractivity contribution >= 4 is 16.9 Å². The van der Waals surface area contributed by atoms with Gasteiger partial charge >= 0.3 is 0 Å². The first-order valence-corrected chi connectivity index (χ1v) is 7.01. The number of nitrogens with one attached hydrogen (secondary N) is 1. The monoisotopic (exact) mass is 273 g/mol. The first kappa shape index (κ1) is 13.1. The van der Waals surface area contributed by atoms with Crippen LogP contribution in [0.15, 0.2) is 24.5 Å². The Kier molecular flexibility index (Phi) is 3.69. The van der Waals surface area contributed by atoms with Gasteiger partial charge in [0.05, 0.1) is 12.5 Å². The fourth-order valence-electron chi connectivity index (χ4n) is 2.70. The molecule has 1 atom stereocenters. The number of aryl methyl sites for hydroxylation is 1. The Morgan fingerprint density at radius 3 is 3.30 bits per heavy atom. The van der Waals surface area contributed by atoms with E-state index in [4.69, 9.17) is 4.74 Å². The molecule has 0 aromatic carbocycles. The number of carbonyl (C=O) groups excluding carboxylic acids is 1. The topological polar surface area (TPSA) is 56.2 Å². The maximum Gasteiger partial charge on any atom is 0.224 e. The van der Waals surface area contributed by atoms with Crippen molar-refractivity contribution in [2.45, 2.75) is 25.4 Å². The highest BCUT2D eigenvalue weighted by atomic mass is 16.5. The molecule has 5 heteroatoms. The van der Waals surface area contributed by atoms with Crippen LogP contribution in [0.1, 0.15) is 18.4 Å². The maximum absolute atomic E-state index is 12.0. The highest BCUT2D eigenvalue weighted by Crippen LogP contribution is 2.18. The molecular formula is C15H19N3O2. The summed E-state index contributed by atoms with van der Waals surface area (Å²) in [7, 11) is 1.95. The fourth-order valence-corrected chi connectivity index (χ4v) is 2.70. The van der Waals surface area contributed by atoms with E-state index in [1.165, 1.54) is 0 Å². The zero-order chi connectivity index (χ0) is 13.9. The van der Waals surface area contributed by atoms with Crippen molar-refractivity contribution in [1.29, 1.82) is 0 Å². The van der Waals surface area contributed by atoms with Gasteiger partial charge in [-0.15, -0.1) is 0 Å². The van der Waals surface area contributed by atoms with Crippen molar-refractivity contribution in [3.63, 3.8) is 0 Å². The molecule has 5 nitrogen and oxygen atoms in total. The lowest BCUT2D eigenvalue weighted by atomic mass is 10.1. The van der Waals surface area contributed by atoms with Crippen LogP contribution in [0.3, 0.4) is 0 Å². The molecule has 2 aromatic rings. The molecule has 0 aliphatic carbocycles. The number of hydrogen-bond donors (Lipinski definition) is 1. The average Bonchev–Trinajstić information content (AvgIpc) is 3.07. The largest absolute Gasteiger partial charge is 0.376 e. The van der Waals surface area contributed by atoms with Crippen LogP contribution in [0.2, 0.25) is 0 Å². The number of aromatic nitrogens is 2. The summed E-state index contributed by atoms with van der Waals surface area (Å²) in [5.41, 5.74) is 1.93. The van der Waals surface area contributed by atoms with Crippen molar-refractivity contribution in [2.75, 3.05) is 13.2 Å². The van der Waals surface area contributed by atoms with Crippen LogP contribution in [0.4, 0.5) is 0 Å². The third kappa shape index (κ3) is 2.67. The third-order valence-electron chi connectivity index (χ3n) is 3.72. The SMILES string of the molecule is Cn1cc(CC(=O)NC[C@H]2CCCO2)c2cccnc21. The second-order valence-electron chi connectivity index (χ2n) is 5.26. The van der Waals surface area contributed by atoms with Gasteiger partial charge in [0, 0.05) is 38.0 Å². The molecule has 3 heterocycles. The zero-order valence-corrected chi connectivity index (χ0v) is 11.6. The summed E-state index contributed by atoms with van der Waals surface area (Å²) < 4.78 is 7.46. The minimum absolute atomic E-state index is 0.0388. The number of pyridine rings is 1. The second kappa shape index (κ2) is 5.63. The number of amides is 1. The second-order valence-corrected chi connectivity index (χ2v) is 5.26. The van der Waals surface area contributed by atoms with Gasteiger partial charge in [-0.3, -0.25) is 4.79 Å². The number of rotatable bonds is 4. The molecule has 1 fully saturated rings. The van der Waals surface area contributed by atoms with Crippen molar-refractivity contribution in [1.82, 2.24) is 14.9 Å². The molecule has 106 valence electrons. The Balaban J connectivity index is 1.65. The highest BCUT2D eigenvalue weighted by Gasteiger charge is 2.17. The first-order chi connectivity index (χ1) is 9.74. The molecular weight excluding hydrogens is 254 g/mol. The summed E-state index contributed by atoms with van der Waals surface area (Å²) in [6.07, 6.45) is 6.45. The van der Waals surface area contributed by atoms with E-state index in [0.717, 1.165) is 36.0 Å². The minimum Gasteiger partial charge on any atom is -0.376 e. The third-order valence-corrected chi connectivity index (χ3v) is 3.72. The highest BCUT2D eigenvalue weighted by molar-refractivity contribution is 5.87. The van der Waals surface area contributed by atoms with Gasteiger partial charge in [-0.05, 0) is 30.5 Å². The molecule has 0 saturated carbocycles. The standard InChI is InChI=1S/C15H19N3O2/c1-18-10-11(13-5-2-6-16-15(13)18)8-14(19)17-9-12-4-3-7-20-12/h2,5-6,10,12H,3-4,7-9H2,1H3,(H,17,19)/t12-/m1/s1. The Labute approximate surface area is 117 Å². The van der Waals surface area contributed by atoms with Crippen LogP contribution < -0.4 is 5.32 Å². The maximum atomic E-state index is 12.0. The van der Waals surface area contributed by atoms with E-state index in [-0.39, 0.29) is 12.0 Å². The number of nitrogens with zero attached hydrogens (tertiary/aromatic N) is 2. The Morgan fingerprint density at radius 1 is 1.60 bits per heavy atom. The Hall–Kier alpha value is -1.88. The smallest absolute Gasteiger partial charge is 0.224 e. The summed E-state index contributed by atoms with van der Waals surface area (Å²) in [6, 6.07) is 3.90. The summed E-state index contributed by atoms with van der Waals surface area (Å²) in [4.78, 5) is 16.4. The van der Waals surface area contributed by atoms with E-state index in [1.54, 1.807) is 6.20 Å². The molecule has 0 radical (unpaired) electrons. The molecule has 1 N–H and O–H groups in total. The van der Waals surface area contributed by atoms with Crippen molar-refractivity contribution < 1.29 is 9.53 Å². The molecule has 1 amide bonds. The van der Waals surface area contributed by atoms with Gasteiger partial charge in [-0.1, -0.05) is 0 Å². The van der Waals surface area contributed by atoms with E-state index in [9.17, 15) is 4.79 Å². The molecule has 3 rings (SSSR count). The van der Waals surface area contributed by atoms with Gasteiger partial charge in [0.2, 0.25) is 5.91 Å². The van der Waals surface area contributed by atoms with E-state index < -0.39 is 0 Å². The van der Waals surface area contributed by atoms with Crippen LogP contribution >= 0.6 is 0 Å². The van der Waals surface area contributed by atoms with Crippen LogP contribution in [0.5, 0.6) is 0 Å². The summed E-state index contributed by atoms with van der Waals surface area (Å²) >= 11 is 0. The van der Waals surface area contributed by atoms with Crippen LogP contribution in [0.25, 0.3) is 11.0 Å². The van der Waals surface area contributed by atoms with Crippen molar-refractivity contribution in [3.05, 3.63) is 30.1 Å². The van der Waals surface area contributed by atoms with Gasteiger partial charge in [0.15, 0.2) is 0 Å². The lowest BCUT2D eigenvalue weighted by Crippen LogP contribution is -2.32. The molecule has 2 aromatic heterocycles. The van der Waals surface area contributed by atoms with E-state index in [1.807, 2.05) is 29.9 Å². The lowest BCUT2D eigenvalue weighted by Gasteiger charge is -2.10. The van der Waals surface area contributed by atoms with Gasteiger partial charge in [-0.25, -0.2) is 4.98 Å². The van der Waals surface area contributed by atoms with Gasteiger partial charge in [0.25, 0.3) is 0 Å². The zero-order valence-electron chi connectivity index (χ0n) is 11.6. The van der Waals surface area contributed by atoms with E-state index in [2.05, 4.69) is 10.3 Å². The molecule has 1 aliphatic rings. The molecule has 0 unspecified atom stereocenters. The first-order valence-electron chi connectivity index (χ1n) is 7.01. The molecule has 0 bridgehead atoms. The number of fused-ring (bicyclic) bond motifs is 1. The van der Waals surface area contributed by atoms with Crippen LogP contribution in [-0.4, -0.2) is 34.7 Å². The predicted octanol–water partition coefficient (Wildman–Crippen LogP) is 1.41. The van der Waals surface area contributed by atoms with Gasteiger partial charge < -0.3 is 14.6 Å². The Bertz CT molecular complexity index is 615. The Morgan fingerprint density at radius 2 is 2.50 bits per heavy atom. The van der Waals surface area contributed by atoms with Crippen LogP contribution in [-0.2, 0) is 23.0 Å². The van der Waals surface area contributed by atoms with E-state index in [0.29, 0.717) is 13.0 Å². The molecule has 1 aliphatic heterocycles. The molecule has 1 saturated heterocycles. The average molecular weight is 273 g/mol. The van der Waals surface area contributed by atoms with Gasteiger partial charge in [-0.2, -0.15) is 0 Å². The van der Waals surface area contributed by atoms with Gasteiger partial charge in [0.1, 0.15) is 5.65 Å². The number of carbonyl (C=O) groups is 1. The fraction of sp³-hybridized carbons (Fsp3) is 0.467. The van der Waals surface area contributed by atoms with Crippen molar-refractivity contribution in [3.8, 4) is 0 Å². The quantitative estimate of drug-likeness (QED) is 0.916. The predicted molar refractivity (Wildman–Crippen MR) is 76.4 cm³/mol. The summed E-state index contributed by atoms with van der Waals surface area (Å²) in [6.45, 7) is 1.43. The molecule has 20 heavy (non-hydrogen) atoms. The summed E-state index contributed by atoms with van der Waals surface area (Å²) in [5.74, 6) is 0.0388. The van der Waals surface area contributed by atoms with Crippen LogP contribution in [0, 0.1) is 0 Å². The number of ether oxygens (including phenoxy) is 1. The molecule has 0 spiro atoms. The van der Waals surface area contributed by atoms with E-state index >= 15 is 0 Å². The minimum atomic E-state index is 0.0388. The number of hydrogen-bond acceptors (Lipinski definition) is 3. The van der Waals surface area contributed by atoms with Crippen molar-refractivity contribution in [2.24, 2.45) is 7.05 Å².